The molecule has 0 fully saturated rings. The fourth-order valence-electron chi connectivity index (χ4n) is 2.30. The zero-order chi connectivity index (χ0) is 11.4. The minimum Gasteiger partial charge on any atom is -0.469 e. The Morgan fingerprint density at radius 2 is 2.27 bits per heavy atom. The van der Waals surface area contributed by atoms with E-state index < -0.39 is 0 Å². The van der Waals surface area contributed by atoms with Crippen LogP contribution in [0.4, 0.5) is 0 Å². The summed E-state index contributed by atoms with van der Waals surface area (Å²) < 4.78 is 4.78. The minimum absolute atomic E-state index is 0.125. The Kier molecular flexibility index (Phi) is 4.06. The van der Waals surface area contributed by atoms with Gasteiger partial charge in [-0.15, -0.1) is 0 Å². The summed E-state index contributed by atoms with van der Waals surface area (Å²) in [5.41, 5.74) is 0.844. The van der Waals surface area contributed by atoms with Crippen LogP contribution in [-0.4, -0.2) is 18.9 Å². The average molecular weight is 210 g/mol. The molecule has 0 aromatic heterocycles. The summed E-state index contributed by atoms with van der Waals surface area (Å²) in [6.45, 7) is 3.90. The third-order valence-electron chi connectivity index (χ3n) is 2.93. The second-order valence-electron chi connectivity index (χ2n) is 4.11. The number of ether oxygens (including phenoxy) is 1. The smallest absolute Gasteiger partial charge is 0.313 e. The number of methoxy groups -OCH3 is 1. The lowest BCUT2D eigenvalue weighted by Crippen LogP contribution is -2.31. The molecule has 0 aliphatic heterocycles. The zero-order valence-electron chi connectivity index (χ0n) is 9.58. The normalized spacial score (nSPS) is 26.1. The summed E-state index contributed by atoms with van der Waals surface area (Å²) in [5.74, 6) is -0.173. The van der Waals surface area contributed by atoms with E-state index in [0.717, 1.165) is 18.4 Å². The molecule has 0 unspecified atom stereocenters. The molecule has 0 bridgehead atoms. The van der Waals surface area contributed by atoms with Crippen molar-refractivity contribution in [2.75, 3.05) is 7.11 Å². The van der Waals surface area contributed by atoms with Crippen LogP contribution in [0.5, 0.6) is 0 Å². The molecule has 0 amide bonds. The van der Waals surface area contributed by atoms with Crippen LogP contribution in [0.2, 0.25) is 0 Å². The molecule has 0 saturated heterocycles. The summed E-state index contributed by atoms with van der Waals surface area (Å²) in [7, 11) is 1.40. The largest absolute Gasteiger partial charge is 0.469 e. The van der Waals surface area contributed by atoms with Gasteiger partial charge in [0.2, 0.25) is 0 Å². The maximum absolute atomic E-state index is 11.6. The monoisotopic (exact) mass is 210 g/mol. The number of hydrogen-bond donors (Lipinski definition) is 0. The van der Waals surface area contributed by atoms with Gasteiger partial charge in [-0.1, -0.05) is 18.9 Å². The van der Waals surface area contributed by atoms with Gasteiger partial charge in [-0.3, -0.25) is 9.59 Å². The summed E-state index contributed by atoms with van der Waals surface area (Å²) >= 11 is 0. The fourth-order valence-corrected chi connectivity index (χ4v) is 2.30. The Bertz CT molecular complexity index is 291. The summed E-state index contributed by atoms with van der Waals surface area (Å²) in [4.78, 5) is 23.0. The van der Waals surface area contributed by atoms with Crippen molar-refractivity contribution in [1.82, 2.24) is 0 Å². The van der Waals surface area contributed by atoms with Gasteiger partial charge in [0.05, 0.1) is 13.0 Å². The average Bonchev–Trinajstić information content (AvgIpc) is 2.16. The second-order valence-corrected chi connectivity index (χ2v) is 4.11. The number of carbonyl (C=O) groups excluding carboxylic acids is 2. The summed E-state index contributed by atoms with van der Waals surface area (Å²) in [6.07, 6.45) is 3.94. The molecule has 0 radical (unpaired) electrons. The van der Waals surface area contributed by atoms with Gasteiger partial charge in [0.15, 0.2) is 5.78 Å². The van der Waals surface area contributed by atoms with E-state index in [0.29, 0.717) is 6.42 Å². The van der Waals surface area contributed by atoms with E-state index in [1.807, 2.05) is 6.92 Å². The van der Waals surface area contributed by atoms with Gasteiger partial charge in [-0.05, 0) is 25.3 Å². The van der Waals surface area contributed by atoms with E-state index >= 15 is 0 Å². The molecule has 1 aliphatic carbocycles. The molecular weight excluding hydrogens is 192 g/mol. The van der Waals surface area contributed by atoms with Crippen LogP contribution in [0.15, 0.2) is 11.6 Å². The SMILES string of the molecule is CCC[C@H]1CC(=O)C=C(C)[C@H]1C(=O)OC. The van der Waals surface area contributed by atoms with E-state index in [1.165, 1.54) is 7.11 Å². The van der Waals surface area contributed by atoms with Gasteiger partial charge in [-0.2, -0.15) is 0 Å². The number of hydrogen-bond acceptors (Lipinski definition) is 3. The number of esters is 1. The van der Waals surface area contributed by atoms with Crippen molar-refractivity contribution in [2.45, 2.75) is 33.1 Å². The first-order valence-electron chi connectivity index (χ1n) is 5.39. The first-order valence-corrected chi connectivity index (χ1v) is 5.39. The van der Waals surface area contributed by atoms with Crippen molar-refractivity contribution in [3.05, 3.63) is 11.6 Å². The molecule has 1 rings (SSSR count). The fraction of sp³-hybridized carbons (Fsp3) is 0.667. The third-order valence-corrected chi connectivity index (χ3v) is 2.93. The predicted octanol–water partition coefficient (Wildman–Crippen LogP) is 2.11. The minimum atomic E-state index is -0.215. The molecule has 84 valence electrons. The lowest BCUT2D eigenvalue weighted by atomic mass is 9.76. The van der Waals surface area contributed by atoms with Crippen LogP contribution in [0.1, 0.15) is 33.1 Å². The molecule has 0 heterocycles. The summed E-state index contributed by atoms with van der Waals surface area (Å²) in [5, 5.41) is 0. The van der Waals surface area contributed by atoms with Crippen LogP contribution in [0, 0.1) is 11.8 Å². The number of rotatable bonds is 3. The molecule has 0 saturated carbocycles. The Morgan fingerprint density at radius 3 is 2.80 bits per heavy atom. The van der Waals surface area contributed by atoms with Crippen LogP contribution in [0.25, 0.3) is 0 Å². The van der Waals surface area contributed by atoms with Gasteiger partial charge in [0.25, 0.3) is 0 Å². The molecule has 3 heteroatoms. The van der Waals surface area contributed by atoms with E-state index in [4.69, 9.17) is 4.74 Å². The Labute approximate surface area is 90.5 Å². The molecule has 1 aliphatic rings. The highest BCUT2D eigenvalue weighted by molar-refractivity contribution is 5.94. The lowest BCUT2D eigenvalue weighted by molar-refractivity contribution is -0.146. The van der Waals surface area contributed by atoms with E-state index in [9.17, 15) is 9.59 Å². The molecule has 0 aromatic carbocycles. The molecular formula is C12H18O3. The molecule has 0 N–H and O–H groups in total. The van der Waals surface area contributed by atoms with Crippen molar-refractivity contribution < 1.29 is 14.3 Å². The second kappa shape index (κ2) is 5.10. The van der Waals surface area contributed by atoms with Crippen molar-refractivity contribution in [2.24, 2.45) is 11.8 Å². The van der Waals surface area contributed by atoms with Crippen molar-refractivity contribution in [3.63, 3.8) is 0 Å². The topological polar surface area (TPSA) is 43.4 Å². The van der Waals surface area contributed by atoms with Crippen LogP contribution in [0.3, 0.4) is 0 Å². The molecule has 3 nitrogen and oxygen atoms in total. The van der Waals surface area contributed by atoms with Gasteiger partial charge in [0.1, 0.15) is 0 Å². The molecule has 2 atom stereocenters. The standard InChI is InChI=1S/C12H18O3/c1-4-5-9-7-10(13)6-8(2)11(9)12(14)15-3/h6,9,11H,4-5,7H2,1-3H3/t9-,11+/m0/s1. The van der Waals surface area contributed by atoms with Gasteiger partial charge in [0, 0.05) is 6.42 Å². The maximum Gasteiger partial charge on any atom is 0.313 e. The first-order chi connectivity index (χ1) is 7.10. The van der Waals surface area contributed by atoms with Crippen LogP contribution >= 0.6 is 0 Å². The highest BCUT2D eigenvalue weighted by atomic mass is 16.5. The van der Waals surface area contributed by atoms with Gasteiger partial charge < -0.3 is 4.74 Å². The predicted molar refractivity (Wildman–Crippen MR) is 57.3 cm³/mol. The van der Waals surface area contributed by atoms with Crippen LogP contribution < -0.4 is 0 Å². The number of ketones is 1. The number of allylic oxidation sites excluding steroid dienone is 1. The zero-order valence-corrected chi connectivity index (χ0v) is 9.58. The molecule has 15 heavy (non-hydrogen) atoms. The highest BCUT2D eigenvalue weighted by Crippen LogP contribution is 2.32. The third kappa shape index (κ3) is 2.67. The Morgan fingerprint density at radius 1 is 1.60 bits per heavy atom. The quantitative estimate of drug-likeness (QED) is 0.670. The van der Waals surface area contributed by atoms with Crippen molar-refractivity contribution in [1.29, 1.82) is 0 Å². The van der Waals surface area contributed by atoms with Crippen molar-refractivity contribution >= 4 is 11.8 Å². The lowest BCUT2D eigenvalue weighted by Gasteiger charge is -2.28. The van der Waals surface area contributed by atoms with E-state index in [-0.39, 0.29) is 23.6 Å². The Balaban J connectivity index is 2.90. The van der Waals surface area contributed by atoms with Crippen molar-refractivity contribution in [3.8, 4) is 0 Å². The molecule has 0 spiro atoms. The van der Waals surface area contributed by atoms with E-state index in [2.05, 4.69) is 6.92 Å². The maximum atomic E-state index is 11.6. The highest BCUT2D eigenvalue weighted by Gasteiger charge is 2.34. The van der Waals surface area contributed by atoms with Gasteiger partial charge in [-0.25, -0.2) is 0 Å². The summed E-state index contributed by atoms with van der Waals surface area (Å²) in [6, 6.07) is 0. The number of carbonyl (C=O) groups is 2. The van der Waals surface area contributed by atoms with Crippen LogP contribution in [-0.2, 0) is 14.3 Å². The first kappa shape index (κ1) is 12.0. The Hall–Kier alpha value is -1.12. The van der Waals surface area contributed by atoms with E-state index in [1.54, 1.807) is 6.08 Å². The molecule has 0 aromatic rings. The van der Waals surface area contributed by atoms with Gasteiger partial charge >= 0.3 is 5.97 Å².